The fourth-order valence-corrected chi connectivity index (χ4v) is 13.0. The predicted octanol–water partition coefficient (Wildman–Crippen LogP) is 26.2. The zero-order valence-corrected chi connectivity index (χ0v) is 73.0. The fraction of sp³-hybridized carbons (Fsp3) is 0.394. The van der Waals surface area contributed by atoms with Crippen LogP contribution in [0, 0.1) is 6.92 Å². The zero-order valence-electron chi connectivity index (χ0n) is 67.2. The summed E-state index contributed by atoms with van der Waals surface area (Å²) in [5.74, 6) is 0.824. The van der Waals surface area contributed by atoms with Crippen LogP contribution in [0.25, 0.3) is 44.6 Å². The van der Waals surface area contributed by atoms with E-state index < -0.39 is 0 Å². The number of aliphatic hydroxyl groups excluding tert-OH is 3. The van der Waals surface area contributed by atoms with Crippen molar-refractivity contribution < 1.29 is 76.6 Å². The molecule has 0 saturated heterocycles. The molecule has 108 heavy (non-hydrogen) atoms. The second kappa shape index (κ2) is 64.5. The van der Waals surface area contributed by atoms with Gasteiger partial charge in [-0.15, -0.1) is 0 Å². The Hall–Kier alpha value is -7.34. The summed E-state index contributed by atoms with van der Waals surface area (Å²) in [6.07, 6.45) is 7.99. The monoisotopic (exact) mass is 1810 g/mol. The molecule has 0 aliphatic heterocycles. The van der Waals surface area contributed by atoms with Crippen LogP contribution in [0.1, 0.15) is 283 Å². The van der Waals surface area contributed by atoms with Crippen LogP contribution in [-0.2, 0) is 106 Å². The molecule has 5 aliphatic rings. The normalized spacial score (nSPS) is 12.1. The van der Waals surface area contributed by atoms with Crippen molar-refractivity contribution in [3.63, 3.8) is 0 Å². The van der Waals surface area contributed by atoms with Gasteiger partial charge in [0.25, 0.3) is 0 Å². The maximum atomic E-state index is 12.8. The summed E-state index contributed by atoms with van der Waals surface area (Å²) in [5.41, 5.74) is 26.1. The number of hydrogen-bond acceptors (Lipinski definition) is 7. The van der Waals surface area contributed by atoms with Crippen molar-refractivity contribution in [3.8, 4) is 0 Å². The fourth-order valence-electron chi connectivity index (χ4n) is 13.0. The van der Waals surface area contributed by atoms with E-state index in [1.807, 2.05) is 239 Å². The van der Waals surface area contributed by atoms with Crippen LogP contribution in [0.15, 0.2) is 194 Å². The van der Waals surface area contributed by atoms with E-state index >= 15 is 0 Å². The number of hydrogen-bond donors (Lipinski definition) is 3. The van der Waals surface area contributed by atoms with Crippen LogP contribution < -0.4 is 0 Å². The first-order valence-electron chi connectivity index (χ1n) is 38.5. The van der Waals surface area contributed by atoms with Crippen molar-refractivity contribution in [1.82, 2.24) is 0 Å². The molecule has 8 aromatic carbocycles. The molecule has 9 heteroatoms. The minimum absolute atomic E-state index is 0. The van der Waals surface area contributed by atoms with Gasteiger partial charge in [0, 0.05) is 110 Å². The number of ketones is 4. The van der Waals surface area contributed by atoms with Crippen LogP contribution >= 0.6 is 0 Å². The van der Waals surface area contributed by atoms with Crippen molar-refractivity contribution in [2.75, 3.05) is 19.8 Å². The maximum Gasteiger partial charge on any atom is 0.168 e. The first kappa shape index (κ1) is 112. The van der Waals surface area contributed by atoms with Crippen molar-refractivity contribution in [2.45, 2.75) is 246 Å². The molecular formula is C99H142O7W2. The van der Waals surface area contributed by atoms with Gasteiger partial charge in [0.1, 0.15) is 0 Å². The molecular weight excluding hydrogens is 1670 g/mol. The molecule has 0 spiro atoms. The standard InChI is InChI=1S/C20H20O2.C19H18O2.C19H16O.C19H18O.C2H6O.8C2H6.4CH4.2W/c1-2-14-7-3-6-10-17(14)20-18(11-12-21)16-9-5-4-8-15(16)13-19(20)22;1-13-6-2-4-8-15(13)19-17(10-11-20)16-9-5-3-7-14(16)12-18(19)21;20-18-12-14-7-2-3-9-15(14)17-11-5-8-13-6-1-4-10-16(13)19(17)18;1-3-14-8-4-7-11-17(14)19-13(2)16-10-6-5-9-15(16)12-18(19)20;1-2-3;8*1-2;;;;;;/h3-10,21H,2,11-13H2,1H3;2-9,20H,10-12H2,1H3;1-4,6-7,9-10H,5,8,11-12H2;4-11H,3,12H2,1-2H3;3H,2H2,1H3;8*1-2H3;4*1H4;;. The number of rotatable bonds is 9. The molecule has 8 aromatic rings. The molecule has 13 rings (SSSR count). The summed E-state index contributed by atoms with van der Waals surface area (Å²) >= 11 is 0. The van der Waals surface area contributed by atoms with E-state index in [2.05, 4.69) is 93.6 Å². The van der Waals surface area contributed by atoms with Crippen LogP contribution in [-0.4, -0.2) is 58.3 Å². The van der Waals surface area contributed by atoms with Crippen molar-refractivity contribution in [2.24, 2.45) is 0 Å². The zero-order chi connectivity index (χ0) is 76.7. The number of carbonyl (C=O) groups is 4. The van der Waals surface area contributed by atoms with E-state index in [1.165, 1.54) is 44.5 Å². The second-order valence-electron chi connectivity index (χ2n) is 22.2. The van der Waals surface area contributed by atoms with Gasteiger partial charge in [0.2, 0.25) is 0 Å². The third-order valence-electron chi connectivity index (χ3n) is 16.9. The summed E-state index contributed by atoms with van der Waals surface area (Å²) in [6, 6.07) is 65.3. The Bertz CT molecular complexity index is 3960. The van der Waals surface area contributed by atoms with Gasteiger partial charge < -0.3 is 15.3 Å². The Morgan fingerprint density at radius 1 is 0.296 bits per heavy atom. The second-order valence-corrected chi connectivity index (χ2v) is 22.2. The number of allylic oxidation sites excluding steroid dienone is 6. The average Bonchev–Trinajstić information content (AvgIpc) is 1.19. The van der Waals surface area contributed by atoms with Crippen molar-refractivity contribution in [1.29, 1.82) is 0 Å². The Morgan fingerprint density at radius 2 is 0.565 bits per heavy atom. The number of aliphatic hydroxyl groups is 3. The van der Waals surface area contributed by atoms with Gasteiger partial charge in [-0.05, 0) is 177 Å². The number of fused-ring (bicyclic) bond motifs is 7. The summed E-state index contributed by atoms with van der Waals surface area (Å²) in [7, 11) is 0. The molecule has 0 aromatic heterocycles. The van der Waals surface area contributed by atoms with Crippen LogP contribution in [0.4, 0.5) is 0 Å². The van der Waals surface area contributed by atoms with E-state index in [1.54, 1.807) is 6.92 Å². The van der Waals surface area contributed by atoms with E-state index in [9.17, 15) is 29.4 Å². The quantitative estimate of drug-likeness (QED) is 0.131. The molecule has 7 nitrogen and oxygen atoms in total. The minimum atomic E-state index is 0. The van der Waals surface area contributed by atoms with Gasteiger partial charge in [0.05, 0.1) is 0 Å². The van der Waals surface area contributed by atoms with E-state index in [0.717, 1.165) is 121 Å². The average molecular weight is 1810 g/mol. The first-order valence-corrected chi connectivity index (χ1v) is 38.5. The first-order chi connectivity index (χ1) is 50.0. The Balaban J connectivity index is -0.000000293. The van der Waals surface area contributed by atoms with Crippen LogP contribution in [0.3, 0.4) is 0 Å². The largest absolute Gasteiger partial charge is 0.397 e. The SMILES string of the molecule is C.C.C.C.CC.CC.CC.CC.CC.CC.CC.CC.CCO.CCc1ccccc1C1=C(C)c2ccccc2CC1=O.CCc1ccccc1C1=C(CCO)c2ccccc2CC1=O.Cc1ccccc1C1=C(CCO)c2ccccc2CC1=O.O=C1Cc2ccccc2C2=C1c1ccccc1CCC2.[W].[W]. The van der Waals surface area contributed by atoms with E-state index in [0.29, 0.717) is 38.5 Å². The molecule has 0 unspecified atom stereocenters. The van der Waals surface area contributed by atoms with Gasteiger partial charge in [-0.2, -0.15) is 0 Å². The molecule has 0 saturated carbocycles. The smallest absolute Gasteiger partial charge is 0.168 e. The van der Waals surface area contributed by atoms with Gasteiger partial charge in [-0.1, -0.05) is 348 Å². The third-order valence-corrected chi connectivity index (χ3v) is 16.9. The molecule has 0 atom stereocenters. The predicted molar refractivity (Wildman–Crippen MR) is 470 cm³/mol. The van der Waals surface area contributed by atoms with Crippen molar-refractivity contribution in [3.05, 3.63) is 283 Å². The maximum absolute atomic E-state index is 12.8. The summed E-state index contributed by atoms with van der Waals surface area (Å²) < 4.78 is 0. The number of carbonyl (C=O) groups excluding carboxylic acids is 4. The van der Waals surface area contributed by atoms with Gasteiger partial charge in [0.15, 0.2) is 23.1 Å². The molecule has 3 N–H and O–H groups in total. The third kappa shape index (κ3) is 30.1. The van der Waals surface area contributed by atoms with Gasteiger partial charge >= 0.3 is 0 Å². The van der Waals surface area contributed by atoms with E-state index in [4.69, 9.17) is 5.11 Å². The topological polar surface area (TPSA) is 129 Å². The summed E-state index contributed by atoms with van der Waals surface area (Å²) in [6.45, 7) is 42.4. The molecule has 0 amide bonds. The molecule has 0 heterocycles. The number of Topliss-reactive ketones (excluding diaryl/α,β-unsaturated/α-hetero) is 4. The Kier molecular flexibility index (Phi) is 66.6. The van der Waals surface area contributed by atoms with Gasteiger partial charge in [-0.3, -0.25) is 19.2 Å². The Morgan fingerprint density at radius 3 is 0.944 bits per heavy atom. The number of benzene rings is 8. The van der Waals surface area contributed by atoms with Crippen LogP contribution in [0.5, 0.6) is 0 Å². The molecule has 0 bridgehead atoms. The molecule has 5 aliphatic carbocycles. The molecule has 592 valence electrons. The summed E-state index contributed by atoms with van der Waals surface area (Å²) in [4.78, 5) is 50.7. The van der Waals surface area contributed by atoms with Gasteiger partial charge in [-0.25, -0.2) is 0 Å². The minimum Gasteiger partial charge on any atom is -0.397 e. The van der Waals surface area contributed by atoms with Crippen LogP contribution in [0.2, 0.25) is 0 Å². The van der Waals surface area contributed by atoms with Crippen molar-refractivity contribution >= 4 is 67.7 Å². The number of aryl methyl sites for hydroxylation is 4. The molecule has 0 fully saturated rings. The molecule has 0 radical (unpaired) electrons. The summed E-state index contributed by atoms with van der Waals surface area (Å²) in [5, 5.41) is 26.5. The Labute approximate surface area is 688 Å². The van der Waals surface area contributed by atoms with E-state index in [-0.39, 0.29) is 115 Å².